The first-order valence-corrected chi connectivity index (χ1v) is 7.70. The minimum atomic E-state index is 0.105. The molecule has 1 aromatic heterocycles. The van der Waals surface area contributed by atoms with Crippen LogP contribution in [0.5, 0.6) is 0 Å². The van der Waals surface area contributed by atoms with E-state index in [-0.39, 0.29) is 4.83 Å². The Balaban J connectivity index is 2.37. The summed E-state index contributed by atoms with van der Waals surface area (Å²) in [6, 6.07) is 9.64. The molecule has 0 aliphatic rings. The predicted molar refractivity (Wildman–Crippen MR) is 79.3 cm³/mol. The van der Waals surface area contributed by atoms with Crippen LogP contribution < -0.4 is 0 Å². The molecular formula is C11H6Br2Cl2S. The van der Waals surface area contributed by atoms with E-state index in [0.29, 0.717) is 10.0 Å². The van der Waals surface area contributed by atoms with Crippen LogP contribution in [0.4, 0.5) is 0 Å². The van der Waals surface area contributed by atoms with E-state index in [2.05, 4.69) is 37.9 Å². The van der Waals surface area contributed by atoms with Crippen LogP contribution in [-0.4, -0.2) is 0 Å². The molecule has 0 N–H and O–H groups in total. The van der Waals surface area contributed by atoms with Crippen LogP contribution in [-0.2, 0) is 0 Å². The molecule has 5 heteroatoms. The summed E-state index contributed by atoms with van der Waals surface area (Å²) in [6.45, 7) is 0. The Labute approximate surface area is 125 Å². The fourth-order valence-electron chi connectivity index (χ4n) is 1.32. The Hall–Kier alpha value is 0.460. The van der Waals surface area contributed by atoms with Crippen molar-refractivity contribution in [2.75, 3.05) is 0 Å². The molecule has 0 bridgehead atoms. The van der Waals surface area contributed by atoms with E-state index in [4.69, 9.17) is 23.2 Å². The number of alkyl halides is 1. The lowest BCUT2D eigenvalue weighted by Crippen LogP contribution is -1.90. The van der Waals surface area contributed by atoms with Gasteiger partial charge < -0.3 is 0 Å². The predicted octanol–water partition coefficient (Wildman–Crippen LogP) is 6.30. The quantitative estimate of drug-likeness (QED) is 0.519. The van der Waals surface area contributed by atoms with Crippen molar-refractivity contribution in [1.29, 1.82) is 0 Å². The lowest BCUT2D eigenvalue weighted by molar-refractivity contribution is 1.23. The second-order valence-corrected chi connectivity index (χ2v) is 7.42. The molecule has 0 spiro atoms. The van der Waals surface area contributed by atoms with E-state index >= 15 is 0 Å². The molecule has 2 rings (SSSR count). The number of hydrogen-bond acceptors (Lipinski definition) is 1. The fraction of sp³-hybridized carbons (Fsp3) is 0.0909. The van der Waals surface area contributed by atoms with Gasteiger partial charge in [-0.2, -0.15) is 0 Å². The second-order valence-electron chi connectivity index (χ2n) is 3.17. The van der Waals surface area contributed by atoms with Crippen molar-refractivity contribution in [2.24, 2.45) is 0 Å². The third kappa shape index (κ3) is 2.82. The molecule has 1 aromatic carbocycles. The molecular weight excluding hydrogens is 395 g/mol. The summed E-state index contributed by atoms with van der Waals surface area (Å²) < 4.78 is 1.11. The monoisotopic (exact) mass is 398 g/mol. The molecule has 0 aliphatic heterocycles. The van der Waals surface area contributed by atoms with Gasteiger partial charge in [-0.15, -0.1) is 11.3 Å². The van der Waals surface area contributed by atoms with Gasteiger partial charge in [-0.25, -0.2) is 0 Å². The molecule has 2 aromatic rings. The van der Waals surface area contributed by atoms with Crippen LogP contribution in [0.2, 0.25) is 10.0 Å². The number of rotatable bonds is 2. The van der Waals surface area contributed by atoms with Crippen LogP contribution in [0.3, 0.4) is 0 Å². The van der Waals surface area contributed by atoms with E-state index in [1.807, 2.05) is 18.2 Å². The van der Waals surface area contributed by atoms with E-state index in [9.17, 15) is 0 Å². The van der Waals surface area contributed by atoms with E-state index in [1.54, 1.807) is 17.4 Å². The molecule has 0 fully saturated rings. The van der Waals surface area contributed by atoms with Crippen molar-refractivity contribution in [3.05, 3.63) is 54.6 Å². The van der Waals surface area contributed by atoms with Gasteiger partial charge >= 0.3 is 0 Å². The zero-order valence-corrected chi connectivity index (χ0v) is 13.4. The van der Waals surface area contributed by atoms with Crippen LogP contribution in [0, 0.1) is 0 Å². The van der Waals surface area contributed by atoms with Crippen molar-refractivity contribution < 1.29 is 0 Å². The molecule has 1 heterocycles. The molecule has 0 nitrogen and oxygen atoms in total. The zero-order valence-electron chi connectivity index (χ0n) is 7.88. The maximum atomic E-state index is 6.16. The van der Waals surface area contributed by atoms with E-state index < -0.39 is 0 Å². The van der Waals surface area contributed by atoms with Crippen LogP contribution in [0.25, 0.3) is 0 Å². The summed E-state index contributed by atoms with van der Waals surface area (Å²) in [5, 5.41) is 1.33. The summed E-state index contributed by atoms with van der Waals surface area (Å²) in [7, 11) is 0. The lowest BCUT2D eigenvalue weighted by atomic mass is 10.1. The Morgan fingerprint density at radius 2 is 1.88 bits per heavy atom. The minimum absolute atomic E-state index is 0.105. The first-order valence-electron chi connectivity index (χ1n) is 4.42. The summed E-state index contributed by atoms with van der Waals surface area (Å²) in [4.78, 5) is 1.31. The molecule has 16 heavy (non-hydrogen) atoms. The first kappa shape index (κ1) is 12.9. The smallest absolute Gasteiger partial charge is 0.0752 e. The van der Waals surface area contributed by atoms with Crippen molar-refractivity contribution >= 4 is 66.4 Å². The number of halogens is 4. The van der Waals surface area contributed by atoms with Crippen LogP contribution >= 0.6 is 66.4 Å². The first-order chi connectivity index (χ1) is 7.58. The fourth-order valence-corrected chi connectivity index (χ4v) is 4.23. The average Bonchev–Trinajstić information content (AvgIpc) is 2.64. The Bertz CT molecular complexity index is 510. The molecule has 0 saturated carbocycles. The van der Waals surface area contributed by atoms with Gasteiger partial charge in [-0.05, 0) is 45.8 Å². The van der Waals surface area contributed by atoms with Gasteiger partial charge in [-0.1, -0.05) is 45.2 Å². The van der Waals surface area contributed by atoms with Crippen LogP contribution in [0.1, 0.15) is 15.3 Å². The summed E-state index contributed by atoms with van der Waals surface area (Å²) >= 11 is 20.8. The number of benzene rings is 1. The SMILES string of the molecule is Clc1ccc(C(Br)c2ccc(Br)s2)c(Cl)c1. The highest BCUT2D eigenvalue weighted by Crippen LogP contribution is 2.40. The van der Waals surface area contributed by atoms with Gasteiger partial charge in [0.2, 0.25) is 0 Å². The molecule has 1 unspecified atom stereocenters. The topological polar surface area (TPSA) is 0 Å². The minimum Gasteiger partial charge on any atom is -0.132 e. The standard InChI is InChI=1S/C11H6Br2Cl2S/c12-10-4-3-9(16-10)11(13)7-2-1-6(14)5-8(7)15/h1-5,11H. The summed E-state index contributed by atoms with van der Waals surface area (Å²) in [5.41, 5.74) is 1.03. The third-order valence-electron chi connectivity index (χ3n) is 2.08. The molecule has 0 aliphatic carbocycles. The number of thiophene rings is 1. The Morgan fingerprint density at radius 3 is 2.44 bits per heavy atom. The zero-order chi connectivity index (χ0) is 11.7. The van der Waals surface area contributed by atoms with Gasteiger partial charge in [0.1, 0.15) is 0 Å². The molecule has 0 amide bonds. The highest BCUT2D eigenvalue weighted by Gasteiger charge is 2.15. The molecule has 0 radical (unpaired) electrons. The van der Waals surface area contributed by atoms with Gasteiger partial charge in [0, 0.05) is 14.9 Å². The van der Waals surface area contributed by atoms with Gasteiger partial charge in [0.25, 0.3) is 0 Å². The highest BCUT2D eigenvalue weighted by molar-refractivity contribution is 9.11. The van der Waals surface area contributed by atoms with Crippen molar-refractivity contribution in [2.45, 2.75) is 4.83 Å². The summed E-state index contributed by atoms with van der Waals surface area (Å²) in [6.07, 6.45) is 0. The molecule has 0 saturated heterocycles. The molecule has 84 valence electrons. The van der Waals surface area contributed by atoms with E-state index in [0.717, 1.165) is 9.35 Å². The van der Waals surface area contributed by atoms with Crippen molar-refractivity contribution in [3.63, 3.8) is 0 Å². The van der Waals surface area contributed by atoms with Gasteiger partial charge in [-0.3, -0.25) is 0 Å². The normalized spacial score (nSPS) is 12.8. The van der Waals surface area contributed by atoms with E-state index in [1.165, 1.54) is 4.88 Å². The van der Waals surface area contributed by atoms with Gasteiger partial charge in [0.15, 0.2) is 0 Å². The Kier molecular flexibility index (Phi) is 4.36. The van der Waals surface area contributed by atoms with Crippen molar-refractivity contribution in [1.82, 2.24) is 0 Å². The third-order valence-corrected chi connectivity index (χ3v) is 5.62. The maximum Gasteiger partial charge on any atom is 0.0752 e. The lowest BCUT2D eigenvalue weighted by Gasteiger charge is -2.10. The highest BCUT2D eigenvalue weighted by atomic mass is 79.9. The summed E-state index contributed by atoms with van der Waals surface area (Å²) in [5.74, 6) is 0. The molecule has 1 atom stereocenters. The number of hydrogen-bond donors (Lipinski definition) is 0. The second kappa shape index (κ2) is 5.40. The van der Waals surface area contributed by atoms with Gasteiger partial charge in [0.05, 0.1) is 8.61 Å². The van der Waals surface area contributed by atoms with Crippen molar-refractivity contribution in [3.8, 4) is 0 Å². The van der Waals surface area contributed by atoms with Crippen LogP contribution in [0.15, 0.2) is 34.1 Å². The average molecular weight is 401 g/mol. The largest absolute Gasteiger partial charge is 0.132 e. The maximum absolute atomic E-state index is 6.16. The Morgan fingerprint density at radius 1 is 1.12 bits per heavy atom.